The van der Waals surface area contributed by atoms with Gasteiger partial charge in [0.15, 0.2) is 0 Å². The van der Waals surface area contributed by atoms with Gasteiger partial charge in [0, 0.05) is 0 Å². The van der Waals surface area contributed by atoms with E-state index in [0.717, 1.165) is 25.8 Å². The molecule has 0 bridgehead atoms. The fraction of sp³-hybridized carbons (Fsp3) is 0.929. The van der Waals surface area contributed by atoms with Crippen molar-refractivity contribution in [1.29, 1.82) is 0 Å². The van der Waals surface area contributed by atoms with Gasteiger partial charge in [-0.2, -0.15) is 0 Å². The summed E-state index contributed by atoms with van der Waals surface area (Å²) in [4.78, 5) is 11.8. The Kier molecular flexibility index (Phi) is 7.25. The number of piperidine rings is 1. The van der Waals surface area contributed by atoms with Crippen LogP contribution in [-0.2, 0) is 9.53 Å². The molecule has 100 valence electrons. The quantitative estimate of drug-likeness (QED) is 0.550. The van der Waals surface area contributed by atoms with Crippen LogP contribution in [0, 0.1) is 0 Å². The summed E-state index contributed by atoms with van der Waals surface area (Å²) in [5.41, 5.74) is 0. The van der Waals surface area contributed by atoms with E-state index in [1.165, 1.54) is 32.1 Å². The molecule has 3 heteroatoms. The molecule has 0 spiro atoms. The van der Waals surface area contributed by atoms with Crippen molar-refractivity contribution >= 4 is 5.97 Å². The van der Waals surface area contributed by atoms with E-state index in [9.17, 15) is 4.79 Å². The van der Waals surface area contributed by atoms with Gasteiger partial charge in [-0.05, 0) is 39.2 Å². The fourth-order valence-electron chi connectivity index (χ4n) is 2.25. The molecule has 2 atom stereocenters. The minimum Gasteiger partial charge on any atom is -0.462 e. The summed E-state index contributed by atoms with van der Waals surface area (Å²) in [6, 6.07) is -0.0539. The first-order valence-electron chi connectivity index (χ1n) is 7.18. The molecule has 1 heterocycles. The van der Waals surface area contributed by atoms with Gasteiger partial charge in [-0.25, -0.2) is 0 Å². The molecule has 0 radical (unpaired) electrons. The first kappa shape index (κ1) is 14.5. The molecule has 1 rings (SSSR count). The summed E-state index contributed by atoms with van der Waals surface area (Å²) in [6.45, 7) is 5.16. The third-order valence-electron chi connectivity index (χ3n) is 3.38. The average molecular weight is 241 g/mol. The lowest BCUT2D eigenvalue weighted by Gasteiger charge is -2.23. The first-order chi connectivity index (χ1) is 8.24. The van der Waals surface area contributed by atoms with Crippen molar-refractivity contribution in [2.75, 3.05) is 6.54 Å². The molecule has 3 nitrogen and oxygen atoms in total. The predicted octanol–water partition coefficient (Wildman–Crippen LogP) is 3.03. The van der Waals surface area contributed by atoms with Gasteiger partial charge in [-0.1, -0.05) is 32.6 Å². The molecule has 1 saturated heterocycles. The zero-order valence-electron chi connectivity index (χ0n) is 11.3. The Balaban J connectivity index is 2.11. The Hall–Kier alpha value is -0.570. The normalized spacial score (nSPS) is 22.1. The van der Waals surface area contributed by atoms with Crippen LogP contribution in [0.3, 0.4) is 0 Å². The van der Waals surface area contributed by atoms with Gasteiger partial charge in [0.1, 0.15) is 6.04 Å². The molecule has 0 aliphatic carbocycles. The second-order valence-corrected chi connectivity index (χ2v) is 5.10. The summed E-state index contributed by atoms with van der Waals surface area (Å²) < 4.78 is 5.47. The highest BCUT2D eigenvalue weighted by Crippen LogP contribution is 2.12. The summed E-state index contributed by atoms with van der Waals surface area (Å²) in [6.07, 6.45) is 9.27. The number of carbonyl (C=O) groups is 1. The highest BCUT2D eigenvalue weighted by atomic mass is 16.5. The van der Waals surface area contributed by atoms with Gasteiger partial charge in [-0.3, -0.25) is 4.79 Å². The van der Waals surface area contributed by atoms with E-state index in [4.69, 9.17) is 4.74 Å². The highest BCUT2D eigenvalue weighted by Gasteiger charge is 2.23. The van der Waals surface area contributed by atoms with Gasteiger partial charge in [0.25, 0.3) is 0 Å². The van der Waals surface area contributed by atoms with Gasteiger partial charge in [0.2, 0.25) is 0 Å². The molecule has 0 aromatic carbocycles. The van der Waals surface area contributed by atoms with Gasteiger partial charge in [-0.15, -0.1) is 0 Å². The summed E-state index contributed by atoms with van der Waals surface area (Å²) in [5, 5.41) is 3.23. The van der Waals surface area contributed by atoms with Gasteiger partial charge in [0.05, 0.1) is 6.10 Å². The third-order valence-corrected chi connectivity index (χ3v) is 3.38. The van der Waals surface area contributed by atoms with Crippen LogP contribution in [-0.4, -0.2) is 24.7 Å². The van der Waals surface area contributed by atoms with E-state index in [0.29, 0.717) is 0 Å². The minimum absolute atomic E-state index is 0.0484. The number of ether oxygens (including phenoxy) is 1. The lowest BCUT2D eigenvalue weighted by Crippen LogP contribution is -2.42. The zero-order valence-corrected chi connectivity index (χ0v) is 11.3. The monoisotopic (exact) mass is 241 g/mol. The molecular formula is C14H27NO2. The smallest absolute Gasteiger partial charge is 0.323 e. The number of hydrogen-bond acceptors (Lipinski definition) is 3. The molecule has 0 aromatic heterocycles. The van der Waals surface area contributed by atoms with Gasteiger partial charge >= 0.3 is 5.97 Å². The van der Waals surface area contributed by atoms with E-state index in [1.807, 2.05) is 6.92 Å². The second kappa shape index (κ2) is 8.51. The maximum atomic E-state index is 11.8. The number of carbonyl (C=O) groups excluding carboxylic acids is 1. The van der Waals surface area contributed by atoms with Crippen molar-refractivity contribution in [3.8, 4) is 0 Å². The largest absolute Gasteiger partial charge is 0.462 e. The Morgan fingerprint density at radius 3 is 2.82 bits per heavy atom. The minimum atomic E-state index is -0.0539. The molecule has 0 aromatic rings. The molecule has 1 fully saturated rings. The van der Waals surface area contributed by atoms with E-state index in [-0.39, 0.29) is 18.1 Å². The molecule has 0 saturated carbocycles. The summed E-state index contributed by atoms with van der Waals surface area (Å²) >= 11 is 0. The topological polar surface area (TPSA) is 38.3 Å². The lowest BCUT2D eigenvalue weighted by molar-refractivity contribution is -0.151. The molecule has 1 aliphatic heterocycles. The molecule has 0 amide bonds. The van der Waals surface area contributed by atoms with Crippen LogP contribution >= 0.6 is 0 Å². The standard InChI is InChI=1S/C14H27NO2/c1-3-4-5-6-9-12(2)17-14(16)13-10-7-8-11-15-13/h12-13,15H,3-11H2,1-2H3. The van der Waals surface area contributed by atoms with Crippen LogP contribution in [0.15, 0.2) is 0 Å². The number of rotatable bonds is 7. The second-order valence-electron chi connectivity index (χ2n) is 5.10. The van der Waals surface area contributed by atoms with Crippen LogP contribution in [0.4, 0.5) is 0 Å². The van der Waals surface area contributed by atoms with Crippen LogP contribution in [0.2, 0.25) is 0 Å². The Morgan fingerprint density at radius 2 is 2.18 bits per heavy atom. The van der Waals surface area contributed by atoms with Crippen molar-refractivity contribution < 1.29 is 9.53 Å². The maximum Gasteiger partial charge on any atom is 0.323 e. The number of unbranched alkanes of at least 4 members (excludes halogenated alkanes) is 3. The van der Waals surface area contributed by atoms with Crippen molar-refractivity contribution in [2.45, 2.75) is 77.4 Å². The van der Waals surface area contributed by atoms with E-state index < -0.39 is 0 Å². The fourth-order valence-corrected chi connectivity index (χ4v) is 2.25. The van der Waals surface area contributed by atoms with Crippen LogP contribution in [0.1, 0.15) is 65.2 Å². The Labute approximate surface area is 105 Å². The zero-order chi connectivity index (χ0) is 12.5. The van der Waals surface area contributed by atoms with E-state index >= 15 is 0 Å². The Bertz CT molecular complexity index is 212. The average Bonchev–Trinajstić information content (AvgIpc) is 2.36. The maximum absolute atomic E-state index is 11.8. The van der Waals surface area contributed by atoms with Gasteiger partial charge < -0.3 is 10.1 Å². The van der Waals surface area contributed by atoms with Crippen molar-refractivity contribution in [3.63, 3.8) is 0 Å². The number of nitrogens with one attached hydrogen (secondary N) is 1. The van der Waals surface area contributed by atoms with Crippen molar-refractivity contribution in [3.05, 3.63) is 0 Å². The number of hydrogen-bond donors (Lipinski definition) is 1. The van der Waals surface area contributed by atoms with E-state index in [1.54, 1.807) is 0 Å². The SMILES string of the molecule is CCCCCCC(C)OC(=O)C1CCCCN1. The predicted molar refractivity (Wildman–Crippen MR) is 70.0 cm³/mol. The lowest BCUT2D eigenvalue weighted by atomic mass is 10.1. The molecule has 17 heavy (non-hydrogen) atoms. The van der Waals surface area contributed by atoms with Crippen LogP contribution in [0.5, 0.6) is 0 Å². The van der Waals surface area contributed by atoms with Crippen LogP contribution < -0.4 is 5.32 Å². The molecular weight excluding hydrogens is 214 g/mol. The van der Waals surface area contributed by atoms with Crippen molar-refractivity contribution in [2.24, 2.45) is 0 Å². The number of esters is 1. The Morgan fingerprint density at radius 1 is 1.35 bits per heavy atom. The van der Waals surface area contributed by atoms with Crippen molar-refractivity contribution in [1.82, 2.24) is 5.32 Å². The highest BCUT2D eigenvalue weighted by molar-refractivity contribution is 5.76. The summed E-state index contributed by atoms with van der Waals surface area (Å²) in [7, 11) is 0. The third kappa shape index (κ3) is 6.06. The first-order valence-corrected chi connectivity index (χ1v) is 7.18. The summed E-state index contributed by atoms with van der Waals surface area (Å²) in [5.74, 6) is -0.0484. The molecule has 2 unspecified atom stereocenters. The molecule has 1 aliphatic rings. The molecule has 1 N–H and O–H groups in total. The van der Waals surface area contributed by atoms with E-state index in [2.05, 4.69) is 12.2 Å². The van der Waals surface area contributed by atoms with Crippen LogP contribution in [0.25, 0.3) is 0 Å².